The van der Waals surface area contributed by atoms with E-state index in [1.54, 1.807) is 6.07 Å². The second kappa shape index (κ2) is 6.43. The Hall–Kier alpha value is -1.63. The Kier molecular flexibility index (Phi) is 4.82. The van der Waals surface area contributed by atoms with Gasteiger partial charge in [-0.3, -0.25) is 4.79 Å². The second-order valence-corrected chi connectivity index (χ2v) is 6.03. The predicted octanol–water partition coefficient (Wildman–Crippen LogP) is 3.22. The van der Waals surface area contributed by atoms with Gasteiger partial charge >= 0.3 is 0 Å². The summed E-state index contributed by atoms with van der Waals surface area (Å²) < 4.78 is 14.3. The fourth-order valence-electron chi connectivity index (χ4n) is 2.70. The van der Waals surface area contributed by atoms with Gasteiger partial charge in [0.1, 0.15) is 11.2 Å². The maximum atomic E-state index is 13.8. The number of carbonyl (C=O) groups is 1. The molecule has 1 aliphatic carbocycles. The van der Waals surface area contributed by atoms with Crippen LogP contribution in [0, 0.1) is 11.2 Å². The maximum Gasteiger partial charge on any atom is 0.238 e. The van der Waals surface area contributed by atoms with E-state index in [9.17, 15) is 9.18 Å². The molecule has 1 aromatic carbocycles. The molecule has 0 radical (unpaired) electrons. The number of anilines is 1. The average Bonchev–Trinajstić information content (AvgIpc) is 2.50. The fraction of sp³-hybridized carbons (Fsp3) is 0.429. The fourth-order valence-corrected chi connectivity index (χ4v) is 3.14. The van der Waals surface area contributed by atoms with E-state index in [4.69, 9.17) is 10.9 Å². The molecule has 4 N–H and O–H groups in total. The number of amidine groups is 1. The smallest absolute Gasteiger partial charge is 0.238 e. The summed E-state index contributed by atoms with van der Waals surface area (Å²) in [4.78, 5) is 12.6. The van der Waals surface area contributed by atoms with Crippen LogP contribution in [0.2, 0.25) is 0 Å². The number of rotatable bonds is 3. The molecule has 21 heavy (non-hydrogen) atoms. The highest BCUT2D eigenvalue weighted by Crippen LogP contribution is 2.38. The molecule has 0 unspecified atom stereocenters. The molecule has 1 saturated carbocycles. The first kappa shape index (κ1) is 15.8. The van der Waals surface area contributed by atoms with Gasteiger partial charge in [-0.05, 0) is 40.9 Å². The van der Waals surface area contributed by atoms with Crippen molar-refractivity contribution in [1.82, 2.24) is 0 Å². The zero-order valence-electron chi connectivity index (χ0n) is 11.4. The Morgan fingerprint density at radius 1 is 1.38 bits per heavy atom. The van der Waals surface area contributed by atoms with Crippen molar-refractivity contribution >= 4 is 33.4 Å². The highest BCUT2D eigenvalue weighted by atomic mass is 79.9. The number of para-hydroxylation sites is 1. The van der Waals surface area contributed by atoms with E-state index in [1.807, 2.05) is 0 Å². The van der Waals surface area contributed by atoms with Crippen LogP contribution >= 0.6 is 15.9 Å². The summed E-state index contributed by atoms with van der Waals surface area (Å²) in [5.41, 5.74) is 4.74. The zero-order chi connectivity index (χ0) is 15.5. The third-order valence-corrected chi connectivity index (χ3v) is 4.60. The van der Waals surface area contributed by atoms with E-state index in [1.165, 1.54) is 12.1 Å². The molecule has 0 spiro atoms. The van der Waals surface area contributed by atoms with E-state index in [0.29, 0.717) is 17.3 Å². The molecule has 0 atom stereocenters. The van der Waals surface area contributed by atoms with Crippen LogP contribution < -0.4 is 11.1 Å². The Morgan fingerprint density at radius 3 is 2.62 bits per heavy atom. The molecule has 1 fully saturated rings. The standard InChI is InChI=1S/C14H17BrFN3O2/c15-9-5-4-6-10(16)11(9)18-13(20)14(12(17)19-21)7-2-1-3-8-14/h4-6,21H,1-3,7-8H2,(H2,17,19)(H,18,20). The lowest BCUT2D eigenvalue weighted by Gasteiger charge is -2.34. The number of amides is 1. The van der Waals surface area contributed by atoms with Gasteiger partial charge in [-0.1, -0.05) is 30.5 Å². The van der Waals surface area contributed by atoms with Crippen LogP contribution in [-0.2, 0) is 4.79 Å². The highest BCUT2D eigenvalue weighted by Gasteiger charge is 2.44. The van der Waals surface area contributed by atoms with Gasteiger partial charge in [0.15, 0.2) is 5.84 Å². The average molecular weight is 358 g/mol. The largest absolute Gasteiger partial charge is 0.409 e. The first-order valence-corrected chi connectivity index (χ1v) is 7.54. The van der Waals surface area contributed by atoms with Crippen LogP contribution in [0.1, 0.15) is 32.1 Å². The summed E-state index contributed by atoms with van der Waals surface area (Å²) in [6.45, 7) is 0. The lowest BCUT2D eigenvalue weighted by molar-refractivity contribution is -0.123. The van der Waals surface area contributed by atoms with Gasteiger partial charge in [-0.2, -0.15) is 0 Å². The molecule has 7 heteroatoms. The Morgan fingerprint density at radius 2 is 2.05 bits per heavy atom. The molecular formula is C14H17BrFN3O2. The Bertz CT molecular complexity index is 551. The summed E-state index contributed by atoms with van der Waals surface area (Å²) in [6, 6.07) is 4.43. The van der Waals surface area contributed by atoms with Crippen LogP contribution in [0.25, 0.3) is 0 Å². The molecule has 0 heterocycles. The van der Waals surface area contributed by atoms with E-state index in [2.05, 4.69) is 26.4 Å². The molecule has 0 bridgehead atoms. The Labute approximate surface area is 130 Å². The number of oxime groups is 1. The van der Waals surface area contributed by atoms with E-state index in [-0.39, 0.29) is 11.5 Å². The Balaban J connectivity index is 2.32. The molecule has 1 aromatic rings. The van der Waals surface area contributed by atoms with Gasteiger partial charge in [0.25, 0.3) is 0 Å². The van der Waals surface area contributed by atoms with Crippen LogP contribution in [0.4, 0.5) is 10.1 Å². The molecule has 0 aliphatic heterocycles. The number of halogens is 2. The van der Waals surface area contributed by atoms with E-state index >= 15 is 0 Å². The van der Waals surface area contributed by atoms with Gasteiger partial charge < -0.3 is 16.3 Å². The van der Waals surface area contributed by atoms with Crippen molar-refractivity contribution in [1.29, 1.82) is 0 Å². The number of nitrogens with zero attached hydrogens (tertiary/aromatic N) is 1. The summed E-state index contributed by atoms with van der Waals surface area (Å²) in [5, 5.41) is 14.6. The number of nitrogens with one attached hydrogen (secondary N) is 1. The van der Waals surface area contributed by atoms with Gasteiger partial charge in [0, 0.05) is 4.47 Å². The molecule has 114 valence electrons. The summed E-state index contributed by atoms with van der Waals surface area (Å²) >= 11 is 3.21. The van der Waals surface area contributed by atoms with E-state index < -0.39 is 17.1 Å². The highest BCUT2D eigenvalue weighted by molar-refractivity contribution is 9.10. The van der Waals surface area contributed by atoms with Crippen LogP contribution in [0.15, 0.2) is 27.8 Å². The number of hydrogen-bond donors (Lipinski definition) is 3. The second-order valence-electron chi connectivity index (χ2n) is 5.18. The molecule has 0 aromatic heterocycles. The maximum absolute atomic E-state index is 13.8. The number of nitrogens with two attached hydrogens (primary N) is 1. The van der Waals surface area contributed by atoms with Crippen molar-refractivity contribution < 1.29 is 14.4 Å². The first-order chi connectivity index (χ1) is 10.0. The first-order valence-electron chi connectivity index (χ1n) is 6.75. The molecular weight excluding hydrogens is 341 g/mol. The van der Waals surface area contributed by atoms with Crippen molar-refractivity contribution in [3.05, 3.63) is 28.5 Å². The number of hydrogen-bond acceptors (Lipinski definition) is 3. The molecule has 0 saturated heterocycles. The van der Waals surface area contributed by atoms with Gasteiger partial charge in [0.2, 0.25) is 5.91 Å². The van der Waals surface area contributed by atoms with Gasteiger partial charge in [0.05, 0.1) is 5.69 Å². The van der Waals surface area contributed by atoms with E-state index in [0.717, 1.165) is 19.3 Å². The third-order valence-electron chi connectivity index (χ3n) is 3.94. The molecule has 1 amide bonds. The predicted molar refractivity (Wildman–Crippen MR) is 81.7 cm³/mol. The molecule has 1 aliphatic rings. The van der Waals surface area contributed by atoms with Crippen molar-refractivity contribution in [2.45, 2.75) is 32.1 Å². The van der Waals surface area contributed by atoms with Crippen LogP contribution in [-0.4, -0.2) is 17.0 Å². The molecule has 2 rings (SSSR count). The normalized spacial score (nSPS) is 18.3. The van der Waals surface area contributed by atoms with Crippen LogP contribution in [0.5, 0.6) is 0 Å². The summed E-state index contributed by atoms with van der Waals surface area (Å²) in [6.07, 6.45) is 3.59. The van der Waals surface area contributed by atoms with Gasteiger partial charge in [-0.15, -0.1) is 0 Å². The molecule has 5 nitrogen and oxygen atoms in total. The minimum Gasteiger partial charge on any atom is -0.409 e. The van der Waals surface area contributed by atoms with Crippen molar-refractivity contribution in [2.75, 3.05) is 5.32 Å². The number of carbonyl (C=O) groups excluding carboxylic acids is 1. The third kappa shape index (κ3) is 3.02. The minimum atomic E-state index is -1.07. The zero-order valence-corrected chi connectivity index (χ0v) is 13.0. The monoisotopic (exact) mass is 357 g/mol. The quantitative estimate of drug-likeness (QED) is 0.336. The summed E-state index contributed by atoms with van der Waals surface area (Å²) in [7, 11) is 0. The summed E-state index contributed by atoms with van der Waals surface area (Å²) in [5.74, 6) is -1.10. The number of benzene rings is 1. The topological polar surface area (TPSA) is 87.7 Å². The van der Waals surface area contributed by atoms with Crippen molar-refractivity contribution in [2.24, 2.45) is 16.3 Å². The minimum absolute atomic E-state index is 0.0678. The van der Waals surface area contributed by atoms with Crippen molar-refractivity contribution in [3.63, 3.8) is 0 Å². The lowest BCUT2D eigenvalue weighted by atomic mass is 9.72. The van der Waals surface area contributed by atoms with Crippen molar-refractivity contribution in [3.8, 4) is 0 Å². The van der Waals surface area contributed by atoms with Gasteiger partial charge in [-0.25, -0.2) is 4.39 Å². The lowest BCUT2D eigenvalue weighted by Crippen LogP contribution is -2.48. The SMILES string of the molecule is N/C(=N/O)C1(C(=O)Nc2c(F)cccc2Br)CCCCC1. The van der Waals surface area contributed by atoms with Crippen LogP contribution in [0.3, 0.4) is 0 Å².